The molecule has 5 nitrogen and oxygen atoms in total. The third kappa shape index (κ3) is 2.75. The van der Waals surface area contributed by atoms with Crippen LogP contribution >= 0.6 is 0 Å². The molecule has 0 atom stereocenters. The zero-order chi connectivity index (χ0) is 13.0. The SMILES string of the molecule is CN(Cc1cnn(-c2ccccc2)c1)C(=O)CO. The average molecular weight is 245 g/mol. The van der Waals surface area contributed by atoms with E-state index in [1.807, 2.05) is 36.5 Å². The number of aliphatic hydroxyl groups is 1. The molecule has 0 unspecified atom stereocenters. The van der Waals surface area contributed by atoms with Gasteiger partial charge in [-0.1, -0.05) is 18.2 Å². The normalized spacial score (nSPS) is 10.3. The van der Waals surface area contributed by atoms with Crippen LogP contribution < -0.4 is 0 Å². The number of aromatic nitrogens is 2. The molecule has 1 heterocycles. The van der Waals surface area contributed by atoms with Crippen LogP contribution in [0, 0.1) is 0 Å². The van der Waals surface area contributed by atoms with E-state index in [4.69, 9.17) is 5.11 Å². The fraction of sp³-hybridized carbons (Fsp3) is 0.231. The van der Waals surface area contributed by atoms with E-state index in [-0.39, 0.29) is 5.91 Å². The third-order valence-electron chi connectivity index (χ3n) is 2.64. The minimum Gasteiger partial charge on any atom is -0.387 e. The largest absolute Gasteiger partial charge is 0.387 e. The highest BCUT2D eigenvalue weighted by Crippen LogP contribution is 2.09. The van der Waals surface area contributed by atoms with Gasteiger partial charge in [0.1, 0.15) is 6.61 Å². The Kier molecular flexibility index (Phi) is 3.74. The molecule has 2 rings (SSSR count). The Hall–Kier alpha value is -2.14. The van der Waals surface area contributed by atoms with Gasteiger partial charge in [-0.2, -0.15) is 5.10 Å². The molecule has 1 aromatic carbocycles. The van der Waals surface area contributed by atoms with Crippen LogP contribution in [0.1, 0.15) is 5.56 Å². The van der Waals surface area contributed by atoms with Gasteiger partial charge in [0.05, 0.1) is 11.9 Å². The van der Waals surface area contributed by atoms with Crippen molar-refractivity contribution >= 4 is 5.91 Å². The molecule has 0 fully saturated rings. The molecule has 1 amide bonds. The lowest BCUT2D eigenvalue weighted by Crippen LogP contribution is -2.28. The predicted molar refractivity (Wildman–Crippen MR) is 67.1 cm³/mol. The van der Waals surface area contributed by atoms with E-state index in [9.17, 15) is 4.79 Å². The van der Waals surface area contributed by atoms with E-state index in [0.717, 1.165) is 11.3 Å². The molecular weight excluding hydrogens is 230 g/mol. The van der Waals surface area contributed by atoms with Crippen molar-refractivity contribution in [2.24, 2.45) is 0 Å². The second kappa shape index (κ2) is 5.46. The van der Waals surface area contributed by atoms with Crippen molar-refractivity contribution in [3.05, 3.63) is 48.3 Å². The van der Waals surface area contributed by atoms with Crippen molar-refractivity contribution in [2.75, 3.05) is 13.7 Å². The highest BCUT2D eigenvalue weighted by Gasteiger charge is 2.09. The number of rotatable bonds is 4. The predicted octanol–water partition coefficient (Wildman–Crippen LogP) is 0.823. The van der Waals surface area contributed by atoms with Gasteiger partial charge in [0, 0.05) is 25.4 Å². The Bertz CT molecular complexity index is 522. The summed E-state index contributed by atoms with van der Waals surface area (Å²) in [7, 11) is 1.65. The number of aliphatic hydroxyl groups excluding tert-OH is 1. The van der Waals surface area contributed by atoms with Gasteiger partial charge in [0.2, 0.25) is 5.91 Å². The summed E-state index contributed by atoms with van der Waals surface area (Å²) in [4.78, 5) is 12.7. The summed E-state index contributed by atoms with van der Waals surface area (Å²) in [5.74, 6) is -0.303. The van der Waals surface area contributed by atoms with Crippen LogP contribution in [0.25, 0.3) is 5.69 Å². The third-order valence-corrected chi connectivity index (χ3v) is 2.64. The zero-order valence-electron chi connectivity index (χ0n) is 10.2. The van der Waals surface area contributed by atoms with Gasteiger partial charge in [-0.05, 0) is 12.1 Å². The highest BCUT2D eigenvalue weighted by atomic mass is 16.3. The smallest absolute Gasteiger partial charge is 0.248 e. The molecule has 0 saturated heterocycles. The maximum Gasteiger partial charge on any atom is 0.248 e. The van der Waals surface area contributed by atoms with Crippen LogP contribution in [0.2, 0.25) is 0 Å². The van der Waals surface area contributed by atoms with E-state index in [0.29, 0.717) is 6.54 Å². The first kappa shape index (κ1) is 12.3. The number of hydrogen-bond acceptors (Lipinski definition) is 3. The molecule has 0 aliphatic rings. The minimum atomic E-state index is -0.469. The van der Waals surface area contributed by atoms with Crippen molar-refractivity contribution in [3.8, 4) is 5.69 Å². The first-order valence-electron chi connectivity index (χ1n) is 5.64. The molecule has 0 saturated carbocycles. The number of nitrogens with zero attached hydrogens (tertiary/aromatic N) is 3. The topological polar surface area (TPSA) is 58.4 Å². The molecule has 0 spiro atoms. The molecule has 5 heteroatoms. The molecule has 0 aliphatic heterocycles. The maximum atomic E-state index is 11.2. The first-order chi connectivity index (χ1) is 8.70. The van der Waals surface area contributed by atoms with Crippen LogP contribution in [0.15, 0.2) is 42.7 Å². The summed E-state index contributed by atoms with van der Waals surface area (Å²) in [5.41, 5.74) is 1.89. The number of para-hydroxylation sites is 1. The number of carbonyl (C=O) groups is 1. The Balaban J connectivity index is 2.09. The minimum absolute atomic E-state index is 0.303. The molecule has 0 radical (unpaired) electrons. The first-order valence-corrected chi connectivity index (χ1v) is 5.64. The van der Waals surface area contributed by atoms with E-state index in [2.05, 4.69) is 5.10 Å². The van der Waals surface area contributed by atoms with Gasteiger partial charge in [-0.25, -0.2) is 4.68 Å². The van der Waals surface area contributed by atoms with Crippen LogP contribution in [0.4, 0.5) is 0 Å². The van der Waals surface area contributed by atoms with Gasteiger partial charge in [0.25, 0.3) is 0 Å². The standard InChI is InChI=1S/C13H15N3O2/c1-15(13(18)10-17)8-11-7-14-16(9-11)12-5-3-2-4-6-12/h2-7,9,17H,8,10H2,1H3. The lowest BCUT2D eigenvalue weighted by atomic mass is 10.3. The number of amides is 1. The number of carbonyl (C=O) groups excluding carboxylic acids is 1. The van der Waals surface area contributed by atoms with Gasteiger partial charge in [-0.3, -0.25) is 4.79 Å². The Morgan fingerprint density at radius 1 is 1.39 bits per heavy atom. The second-order valence-corrected chi connectivity index (χ2v) is 4.04. The van der Waals surface area contributed by atoms with E-state index in [1.54, 1.807) is 17.9 Å². The highest BCUT2D eigenvalue weighted by molar-refractivity contribution is 5.76. The summed E-state index contributed by atoms with van der Waals surface area (Å²) < 4.78 is 1.76. The second-order valence-electron chi connectivity index (χ2n) is 4.04. The molecule has 1 aromatic heterocycles. The monoisotopic (exact) mass is 245 g/mol. The van der Waals surface area contributed by atoms with E-state index in [1.165, 1.54) is 4.90 Å². The Labute approximate surface area is 105 Å². The Morgan fingerprint density at radius 2 is 2.11 bits per heavy atom. The van der Waals surface area contributed by atoms with Crippen LogP contribution in [0.3, 0.4) is 0 Å². The molecule has 18 heavy (non-hydrogen) atoms. The van der Waals surface area contributed by atoms with Crippen LogP contribution in [-0.4, -0.2) is 39.3 Å². The van der Waals surface area contributed by atoms with Crippen LogP contribution in [0.5, 0.6) is 0 Å². The van der Waals surface area contributed by atoms with Crippen molar-refractivity contribution < 1.29 is 9.90 Å². The van der Waals surface area contributed by atoms with E-state index >= 15 is 0 Å². The van der Waals surface area contributed by atoms with Crippen LogP contribution in [-0.2, 0) is 11.3 Å². The molecule has 1 N–H and O–H groups in total. The summed E-state index contributed by atoms with van der Waals surface area (Å²) in [5, 5.41) is 13.0. The molecule has 94 valence electrons. The molecule has 0 bridgehead atoms. The Morgan fingerprint density at radius 3 is 2.78 bits per heavy atom. The number of hydrogen-bond donors (Lipinski definition) is 1. The van der Waals surface area contributed by atoms with Gasteiger partial charge >= 0.3 is 0 Å². The summed E-state index contributed by atoms with van der Waals surface area (Å²) in [6, 6.07) is 9.75. The van der Waals surface area contributed by atoms with Gasteiger partial charge < -0.3 is 10.0 Å². The maximum absolute atomic E-state index is 11.2. The number of benzene rings is 1. The molecular formula is C13H15N3O2. The fourth-order valence-electron chi connectivity index (χ4n) is 1.65. The van der Waals surface area contributed by atoms with E-state index < -0.39 is 6.61 Å². The summed E-state index contributed by atoms with van der Waals surface area (Å²) >= 11 is 0. The molecule has 2 aromatic rings. The lowest BCUT2D eigenvalue weighted by Gasteiger charge is -2.14. The lowest BCUT2D eigenvalue weighted by molar-refractivity contribution is -0.133. The summed E-state index contributed by atoms with van der Waals surface area (Å²) in [6.45, 7) is -0.0322. The van der Waals surface area contributed by atoms with Crippen molar-refractivity contribution in [2.45, 2.75) is 6.54 Å². The van der Waals surface area contributed by atoms with Crippen molar-refractivity contribution in [3.63, 3.8) is 0 Å². The number of likely N-dealkylation sites (N-methyl/N-ethyl adjacent to an activating group) is 1. The average Bonchev–Trinajstić information content (AvgIpc) is 2.87. The zero-order valence-corrected chi connectivity index (χ0v) is 10.2. The van der Waals surface area contributed by atoms with Crippen molar-refractivity contribution in [1.82, 2.24) is 14.7 Å². The molecule has 0 aliphatic carbocycles. The van der Waals surface area contributed by atoms with Gasteiger partial charge in [-0.15, -0.1) is 0 Å². The van der Waals surface area contributed by atoms with Gasteiger partial charge in [0.15, 0.2) is 0 Å². The van der Waals surface area contributed by atoms with Crippen molar-refractivity contribution in [1.29, 1.82) is 0 Å². The summed E-state index contributed by atoms with van der Waals surface area (Å²) in [6.07, 6.45) is 3.59. The quantitative estimate of drug-likeness (QED) is 0.867. The fourth-order valence-corrected chi connectivity index (χ4v) is 1.65.